The second-order valence-electron chi connectivity index (χ2n) is 4.29. The van der Waals surface area contributed by atoms with E-state index in [9.17, 15) is 14.0 Å². The van der Waals surface area contributed by atoms with Gasteiger partial charge in [0.15, 0.2) is 0 Å². The van der Waals surface area contributed by atoms with Crippen LogP contribution in [-0.2, 0) is 0 Å². The monoisotopic (exact) mass is 341 g/mol. The van der Waals surface area contributed by atoms with E-state index in [-0.39, 0.29) is 22.0 Å². The highest BCUT2D eigenvalue weighted by atomic mass is 35.5. The van der Waals surface area contributed by atoms with E-state index in [1.165, 1.54) is 24.3 Å². The molecule has 0 radical (unpaired) electrons. The molecule has 0 saturated heterocycles. The summed E-state index contributed by atoms with van der Waals surface area (Å²) in [5.41, 5.74) is 5.60. The van der Waals surface area contributed by atoms with Crippen molar-refractivity contribution in [2.45, 2.75) is 0 Å². The van der Waals surface area contributed by atoms with Crippen molar-refractivity contribution in [3.8, 4) is 0 Å². The number of hydrogen-bond donors (Lipinski definition) is 3. The third kappa shape index (κ3) is 4.09. The van der Waals surface area contributed by atoms with E-state index in [4.69, 9.17) is 28.9 Å². The molecule has 4 N–H and O–H groups in total. The summed E-state index contributed by atoms with van der Waals surface area (Å²) in [5, 5.41) is 5.26. The lowest BCUT2D eigenvalue weighted by atomic mass is 10.1. The van der Waals surface area contributed by atoms with Gasteiger partial charge in [0, 0.05) is 15.7 Å². The molecular formula is C14H10Cl2FN3O2. The molecule has 0 aromatic heterocycles. The molecule has 8 heteroatoms. The number of hydrogen-bond acceptors (Lipinski definition) is 2. The molecule has 114 valence electrons. The number of halogens is 3. The van der Waals surface area contributed by atoms with Gasteiger partial charge in [-0.05, 0) is 36.4 Å². The Kier molecular flexibility index (Phi) is 4.85. The van der Waals surface area contributed by atoms with Gasteiger partial charge in [-0.3, -0.25) is 4.79 Å². The highest BCUT2D eigenvalue weighted by Crippen LogP contribution is 2.22. The third-order valence-electron chi connectivity index (χ3n) is 2.62. The summed E-state index contributed by atoms with van der Waals surface area (Å²) < 4.78 is 13.2. The molecule has 0 aliphatic heterocycles. The number of nitrogens with one attached hydrogen (secondary N) is 2. The number of carbonyl (C=O) groups excluding carboxylic acids is 2. The van der Waals surface area contributed by atoms with Crippen molar-refractivity contribution in [1.82, 2.24) is 0 Å². The highest BCUT2D eigenvalue weighted by Gasteiger charge is 2.12. The van der Waals surface area contributed by atoms with Gasteiger partial charge in [0.05, 0.1) is 11.3 Å². The molecule has 22 heavy (non-hydrogen) atoms. The van der Waals surface area contributed by atoms with Crippen LogP contribution in [0.4, 0.5) is 20.6 Å². The summed E-state index contributed by atoms with van der Waals surface area (Å²) in [6.45, 7) is 0. The van der Waals surface area contributed by atoms with Crippen LogP contribution >= 0.6 is 23.2 Å². The maximum Gasteiger partial charge on any atom is 0.323 e. The molecule has 0 spiro atoms. The first-order valence-electron chi connectivity index (χ1n) is 5.98. The number of nitrogens with two attached hydrogens (primary N) is 1. The maximum atomic E-state index is 13.2. The molecule has 0 heterocycles. The van der Waals surface area contributed by atoms with Crippen molar-refractivity contribution >= 4 is 46.5 Å². The number of amides is 3. The van der Waals surface area contributed by atoms with Gasteiger partial charge >= 0.3 is 6.03 Å². The molecule has 2 aromatic carbocycles. The summed E-state index contributed by atoms with van der Waals surface area (Å²) in [4.78, 5) is 23.2. The van der Waals surface area contributed by atoms with Gasteiger partial charge in [0.1, 0.15) is 5.82 Å². The quantitative estimate of drug-likeness (QED) is 0.791. The zero-order valence-corrected chi connectivity index (χ0v) is 12.5. The van der Waals surface area contributed by atoms with Crippen LogP contribution in [0.1, 0.15) is 10.4 Å². The minimum absolute atomic E-state index is 0.0943. The second-order valence-corrected chi connectivity index (χ2v) is 5.16. The van der Waals surface area contributed by atoms with E-state index in [1.807, 2.05) is 0 Å². The van der Waals surface area contributed by atoms with Gasteiger partial charge in [-0.25, -0.2) is 9.18 Å². The lowest BCUT2D eigenvalue weighted by Crippen LogP contribution is -2.22. The van der Waals surface area contributed by atoms with Crippen molar-refractivity contribution in [3.05, 3.63) is 57.8 Å². The predicted octanol–water partition coefficient (Wildman–Crippen LogP) is 3.88. The fourth-order valence-electron chi connectivity index (χ4n) is 1.75. The molecule has 3 amide bonds. The van der Waals surface area contributed by atoms with Gasteiger partial charge in [-0.2, -0.15) is 0 Å². The summed E-state index contributed by atoms with van der Waals surface area (Å²) >= 11 is 11.5. The average molecular weight is 342 g/mol. The first-order valence-corrected chi connectivity index (χ1v) is 6.74. The smallest absolute Gasteiger partial charge is 0.323 e. The molecule has 0 atom stereocenters. The molecule has 0 bridgehead atoms. The Hall–Kier alpha value is -2.31. The number of benzene rings is 2. The number of rotatable bonds is 3. The Morgan fingerprint density at radius 3 is 2.36 bits per heavy atom. The molecule has 0 saturated carbocycles. The molecule has 5 nitrogen and oxygen atoms in total. The Morgan fingerprint density at radius 1 is 1.00 bits per heavy atom. The van der Waals surface area contributed by atoms with Crippen LogP contribution in [0.5, 0.6) is 0 Å². The van der Waals surface area contributed by atoms with E-state index in [0.717, 1.165) is 12.1 Å². The van der Waals surface area contributed by atoms with E-state index >= 15 is 0 Å². The number of urea groups is 1. The predicted molar refractivity (Wildman–Crippen MR) is 84.0 cm³/mol. The lowest BCUT2D eigenvalue weighted by Gasteiger charge is -2.11. The topological polar surface area (TPSA) is 84.2 Å². The Bertz CT molecular complexity index is 733. The Labute approximate surface area is 135 Å². The van der Waals surface area contributed by atoms with E-state index in [2.05, 4.69) is 10.6 Å². The number of anilines is 2. The molecule has 0 unspecified atom stereocenters. The SMILES string of the molecule is NC(=O)c1ccc(Cl)cc1NC(=O)Nc1cc(F)cc(Cl)c1. The molecule has 2 aromatic rings. The van der Waals surface area contributed by atoms with Crippen LogP contribution in [-0.4, -0.2) is 11.9 Å². The highest BCUT2D eigenvalue weighted by molar-refractivity contribution is 6.31. The number of carbonyl (C=O) groups is 2. The van der Waals surface area contributed by atoms with Gasteiger partial charge in [0.2, 0.25) is 0 Å². The summed E-state index contributed by atoms with van der Waals surface area (Å²) in [7, 11) is 0. The van der Waals surface area contributed by atoms with Crippen LogP contribution in [0.2, 0.25) is 10.0 Å². The largest absolute Gasteiger partial charge is 0.366 e. The number of primary amides is 1. The molecular weight excluding hydrogens is 332 g/mol. The van der Waals surface area contributed by atoms with Crippen LogP contribution in [0.25, 0.3) is 0 Å². The van der Waals surface area contributed by atoms with E-state index in [1.54, 1.807) is 0 Å². The minimum atomic E-state index is -0.722. The normalized spacial score (nSPS) is 10.1. The standard InChI is InChI=1S/C14H10Cl2FN3O2/c15-7-1-2-11(13(18)21)12(5-7)20-14(22)19-10-4-8(16)3-9(17)6-10/h1-6H,(H2,18,21)(H2,19,20,22). The zero-order valence-electron chi connectivity index (χ0n) is 11.0. The fourth-order valence-corrected chi connectivity index (χ4v) is 2.14. The maximum absolute atomic E-state index is 13.2. The van der Waals surface area contributed by atoms with Crippen LogP contribution in [0, 0.1) is 5.82 Å². The third-order valence-corrected chi connectivity index (χ3v) is 3.07. The minimum Gasteiger partial charge on any atom is -0.366 e. The first kappa shape index (κ1) is 16.1. The van der Waals surface area contributed by atoms with Crippen LogP contribution < -0.4 is 16.4 Å². The van der Waals surface area contributed by atoms with Gasteiger partial charge < -0.3 is 16.4 Å². The van der Waals surface area contributed by atoms with Crippen molar-refractivity contribution in [3.63, 3.8) is 0 Å². The molecule has 0 fully saturated rings. The second kappa shape index (κ2) is 6.64. The Balaban J connectivity index is 2.18. The summed E-state index contributed by atoms with van der Waals surface area (Å²) in [5.74, 6) is -1.32. The van der Waals surface area contributed by atoms with Crippen molar-refractivity contribution in [2.75, 3.05) is 10.6 Å². The zero-order chi connectivity index (χ0) is 16.3. The van der Waals surface area contributed by atoms with E-state index < -0.39 is 17.8 Å². The fraction of sp³-hybridized carbons (Fsp3) is 0. The summed E-state index contributed by atoms with van der Waals surface area (Å²) in [6.07, 6.45) is 0. The van der Waals surface area contributed by atoms with Crippen molar-refractivity contribution in [2.24, 2.45) is 5.73 Å². The lowest BCUT2D eigenvalue weighted by molar-refractivity contribution is 0.100. The van der Waals surface area contributed by atoms with Gasteiger partial charge in [-0.1, -0.05) is 23.2 Å². The first-order chi connectivity index (χ1) is 10.3. The van der Waals surface area contributed by atoms with E-state index in [0.29, 0.717) is 5.02 Å². The van der Waals surface area contributed by atoms with Gasteiger partial charge in [0.25, 0.3) is 5.91 Å². The van der Waals surface area contributed by atoms with Crippen LogP contribution in [0.3, 0.4) is 0 Å². The molecule has 0 aliphatic rings. The average Bonchev–Trinajstić information content (AvgIpc) is 2.36. The molecule has 0 aliphatic carbocycles. The molecule has 2 rings (SSSR count). The Morgan fingerprint density at radius 2 is 1.73 bits per heavy atom. The van der Waals surface area contributed by atoms with Gasteiger partial charge in [-0.15, -0.1) is 0 Å². The van der Waals surface area contributed by atoms with Crippen molar-refractivity contribution in [1.29, 1.82) is 0 Å². The summed E-state index contributed by atoms with van der Waals surface area (Å²) in [6, 6.07) is 7.10. The van der Waals surface area contributed by atoms with Crippen molar-refractivity contribution < 1.29 is 14.0 Å². The van der Waals surface area contributed by atoms with Crippen LogP contribution in [0.15, 0.2) is 36.4 Å².